The Bertz CT molecular complexity index is 1090. The molecule has 0 fully saturated rings. The van der Waals surface area contributed by atoms with Crippen LogP contribution < -0.4 is 20.9 Å². The van der Waals surface area contributed by atoms with Crippen molar-refractivity contribution in [1.29, 1.82) is 0 Å². The Kier molecular flexibility index (Phi) is 7.13. The molecule has 1 aromatic heterocycles. The van der Waals surface area contributed by atoms with E-state index in [-0.39, 0.29) is 24.8 Å². The van der Waals surface area contributed by atoms with Crippen LogP contribution in [-0.4, -0.2) is 24.3 Å². The number of nitrogens with zero attached hydrogens (tertiary/aromatic N) is 1. The first-order valence-corrected chi connectivity index (χ1v) is 9.32. The number of ether oxygens (including phenoxy) is 2. The Morgan fingerprint density at radius 3 is 2.45 bits per heavy atom. The fraction of sp³-hybridized carbons (Fsp3) is 0.0952. The van der Waals surface area contributed by atoms with Crippen LogP contribution in [-0.2, 0) is 16.2 Å². The van der Waals surface area contributed by atoms with Gasteiger partial charge in [-0.25, -0.2) is 4.79 Å². The van der Waals surface area contributed by atoms with Gasteiger partial charge in [-0.3, -0.25) is 4.79 Å². The Morgan fingerprint density at radius 2 is 1.74 bits per heavy atom. The molecule has 3 aromatic rings. The van der Waals surface area contributed by atoms with Crippen LogP contribution in [0.2, 0.25) is 5.02 Å². The number of hydrogen-bond acceptors (Lipinski definition) is 7. The van der Waals surface area contributed by atoms with Gasteiger partial charge in [-0.1, -0.05) is 22.8 Å². The third-order valence-corrected chi connectivity index (χ3v) is 4.03. The number of amidine groups is 1. The van der Waals surface area contributed by atoms with Gasteiger partial charge in [0.2, 0.25) is 5.76 Å². The van der Waals surface area contributed by atoms with E-state index in [0.29, 0.717) is 27.8 Å². The summed E-state index contributed by atoms with van der Waals surface area (Å²) < 4.78 is 16.1. The molecule has 2 aromatic carbocycles. The number of amides is 1. The highest BCUT2D eigenvalue weighted by Crippen LogP contribution is 2.19. The van der Waals surface area contributed by atoms with Crippen molar-refractivity contribution in [2.75, 3.05) is 6.61 Å². The van der Waals surface area contributed by atoms with Crippen molar-refractivity contribution in [3.05, 3.63) is 82.8 Å². The smallest absolute Gasteiger partial charge is 0.400 e. The standard InChI is InChI=1S/C21H18ClN3O6/c22-14-2-1-3-16(10-14)28-11-17-8-9-18(30-17)21(27)31-25-20(24)13-4-6-15(7-5-13)29-12-19(23)26/h1-10H,11-12H2,(H2,23,26)(H2,24,25). The van der Waals surface area contributed by atoms with Crippen molar-refractivity contribution in [3.8, 4) is 11.5 Å². The minimum absolute atomic E-state index is 0.0362. The van der Waals surface area contributed by atoms with E-state index in [1.54, 1.807) is 54.6 Å². The van der Waals surface area contributed by atoms with Crippen LogP contribution in [0.5, 0.6) is 11.5 Å². The normalized spacial score (nSPS) is 11.1. The summed E-state index contributed by atoms with van der Waals surface area (Å²) in [7, 11) is 0. The van der Waals surface area contributed by atoms with Crippen molar-refractivity contribution < 1.29 is 28.3 Å². The molecule has 4 N–H and O–H groups in total. The molecule has 0 unspecified atom stereocenters. The minimum atomic E-state index is -0.821. The lowest BCUT2D eigenvalue weighted by atomic mass is 10.2. The van der Waals surface area contributed by atoms with E-state index in [0.717, 1.165) is 0 Å². The Morgan fingerprint density at radius 1 is 0.968 bits per heavy atom. The Balaban J connectivity index is 1.53. The van der Waals surface area contributed by atoms with Crippen LogP contribution >= 0.6 is 11.6 Å². The van der Waals surface area contributed by atoms with Crippen LogP contribution in [0.3, 0.4) is 0 Å². The van der Waals surface area contributed by atoms with E-state index in [9.17, 15) is 9.59 Å². The number of carbonyl (C=O) groups excluding carboxylic acids is 2. The van der Waals surface area contributed by atoms with Gasteiger partial charge in [0.05, 0.1) is 0 Å². The summed E-state index contributed by atoms with van der Waals surface area (Å²) in [6.45, 7) is -0.140. The average molecular weight is 444 g/mol. The number of primary amides is 1. The zero-order chi connectivity index (χ0) is 22.2. The molecule has 3 rings (SSSR count). The molecule has 0 spiro atoms. The molecule has 1 amide bonds. The molecule has 0 saturated carbocycles. The van der Waals surface area contributed by atoms with E-state index in [2.05, 4.69) is 5.16 Å². The molecule has 0 aliphatic carbocycles. The number of benzene rings is 2. The highest BCUT2D eigenvalue weighted by Gasteiger charge is 2.14. The summed E-state index contributed by atoms with van der Waals surface area (Å²) in [4.78, 5) is 27.7. The van der Waals surface area contributed by atoms with Crippen LogP contribution in [0.4, 0.5) is 0 Å². The molecule has 0 bridgehead atoms. The predicted molar refractivity (Wildman–Crippen MR) is 112 cm³/mol. The Hall–Kier alpha value is -3.98. The predicted octanol–water partition coefficient (Wildman–Crippen LogP) is 2.85. The second-order valence-corrected chi connectivity index (χ2v) is 6.58. The molecule has 160 valence electrons. The van der Waals surface area contributed by atoms with E-state index >= 15 is 0 Å². The molecular weight excluding hydrogens is 426 g/mol. The number of nitrogens with two attached hydrogens (primary N) is 2. The quantitative estimate of drug-likeness (QED) is 0.224. The molecule has 0 atom stereocenters. The Labute approximate surface area is 182 Å². The topological polar surface area (TPSA) is 139 Å². The van der Waals surface area contributed by atoms with Crippen molar-refractivity contribution in [2.45, 2.75) is 6.61 Å². The summed E-state index contributed by atoms with van der Waals surface area (Å²) in [5, 5.41) is 4.16. The van der Waals surface area contributed by atoms with Gasteiger partial charge in [-0.2, -0.15) is 0 Å². The number of rotatable bonds is 9. The van der Waals surface area contributed by atoms with Gasteiger partial charge in [-0.15, -0.1) is 0 Å². The first-order chi connectivity index (χ1) is 14.9. The molecule has 1 heterocycles. The number of halogens is 1. The lowest BCUT2D eigenvalue weighted by Crippen LogP contribution is -2.20. The van der Waals surface area contributed by atoms with E-state index in [4.69, 9.17) is 41.8 Å². The highest BCUT2D eigenvalue weighted by atomic mass is 35.5. The molecule has 31 heavy (non-hydrogen) atoms. The first-order valence-electron chi connectivity index (χ1n) is 8.94. The first kappa shape index (κ1) is 21.7. The third kappa shape index (κ3) is 6.51. The lowest BCUT2D eigenvalue weighted by Gasteiger charge is -2.05. The highest BCUT2D eigenvalue weighted by molar-refractivity contribution is 6.30. The van der Waals surface area contributed by atoms with Crippen molar-refractivity contribution in [1.82, 2.24) is 0 Å². The average Bonchev–Trinajstić information content (AvgIpc) is 3.24. The second-order valence-electron chi connectivity index (χ2n) is 6.15. The summed E-state index contributed by atoms with van der Waals surface area (Å²) in [6.07, 6.45) is 0. The number of furan rings is 1. The maximum Gasteiger partial charge on any atom is 0.400 e. The SMILES string of the molecule is NC(=O)COc1ccc(/C(N)=N/OC(=O)c2ccc(COc3cccc(Cl)c3)o2)cc1. The summed E-state index contributed by atoms with van der Waals surface area (Å²) in [5.74, 6) is -0.0998. The number of hydrogen-bond donors (Lipinski definition) is 2. The zero-order valence-corrected chi connectivity index (χ0v) is 16.9. The minimum Gasteiger partial charge on any atom is -0.486 e. The largest absolute Gasteiger partial charge is 0.486 e. The number of oxime groups is 1. The maximum absolute atomic E-state index is 12.1. The molecule has 0 aliphatic rings. The fourth-order valence-electron chi connectivity index (χ4n) is 2.34. The maximum atomic E-state index is 12.1. The van der Waals surface area contributed by atoms with Crippen LogP contribution in [0.15, 0.2) is 70.2 Å². The monoisotopic (exact) mass is 443 g/mol. The summed E-state index contributed by atoms with van der Waals surface area (Å²) in [5.41, 5.74) is 11.3. The number of carbonyl (C=O) groups is 2. The molecule has 0 radical (unpaired) electrons. The molecule has 0 saturated heterocycles. The van der Waals surface area contributed by atoms with Crippen molar-refractivity contribution in [2.24, 2.45) is 16.6 Å². The fourth-order valence-corrected chi connectivity index (χ4v) is 2.52. The second kappa shape index (κ2) is 10.2. The van der Waals surface area contributed by atoms with Gasteiger partial charge < -0.3 is 30.2 Å². The van der Waals surface area contributed by atoms with Crippen LogP contribution in [0.25, 0.3) is 0 Å². The van der Waals surface area contributed by atoms with Gasteiger partial charge in [0.1, 0.15) is 23.9 Å². The molecule has 10 heteroatoms. The van der Waals surface area contributed by atoms with Crippen molar-refractivity contribution >= 4 is 29.3 Å². The van der Waals surface area contributed by atoms with Gasteiger partial charge >= 0.3 is 5.97 Å². The van der Waals surface area contributed by atoms with E-state index in [1.165, 1.54) is 6.07 Å². The van der Waals surface area contributed by atoms with Gasteiger partial charge in [0.25, 0.3) is 5.91 Å². The van der Waals surface area contributed by atoms with Crippen LogP contribution in [0, 0.1) is 0 Å². The van der Waals surface area contributed by atoms with Crippen LogP contribution in [0.1, 0.15) is 21.9 Å². The molecular formula is C21H18ClN3O6. The van der Waals surface area contributed by atoms with E-state index < -0.39 is 11.9 Å². The van der Waals surface area contributed by atoms with Crippen molar-refractivity contribution in [3.63, 3.8) is 0 Å². The van der Waals surface area contributed by atoms with Gasteiger partial charge in [0, 0.05) is 10.6 Å². The third-order valence-electron chi connectivity index (χ3n) is 3.80. The lowest BCUT2D eigenvalue weighted by molar-refractivity contribution is -0.119. The van der Waals surface area contributed by atoms with Gasteiger partial charge in [0.15, 0.2) is 12.4 Å². The molecule has 0 aliphatic heterocycles. The van der Waals surface area contributed by atoms with E-state index in [1.807, 2.05) is 0 Å². The molecule has 9 nitrogen and oxygen atoms in total. The van der Waals surface area contributed by atoms with Gasteiger partial charge in [-0.05, 0) is 54.6 Å². The summed E-state index contributed by atoms with van der Waals surface area (Å²) in [6, 6.07) is 16.2. The zero-order valence-electron chi connectivity index (χ0n) is 16.1. The summed E-state index contributed by atoms with van der Waals surface area (Å²) >= 11 is 5.90.